The summed E-state index contributed by atoms with van der Waals surface area (Å²) in [5.41, 5.74) is 6.10. The van der Waals surface area contributed by atoms with Crippen molar-refractivity contribution in [3.63, 3.8) is 0 Å². The molecule has 3 aromatic carbocycles. The second kappa shape index (κ2) is 10.7. The Balaban J connectivity index is 1.48. The van der Waals surface area contributed by atoms with Crippen molar-refractivity contribution in [3.8, 4) is 22.6 Å². The molecule has 1 aliphatic heterocycles. The van der Waals surface area contributed by atoms with Crippen LogP contribution in [0.2, 0.25) is 10.0 Å². The summed E-state index contributed by atoms with van der Waals surface area (Å²) in [6.07, 6.45) is 2.59. The highest BCUT2D eigenvalue weighted by Crippen LogP contribution is 2.38. The van der Waals surface area contributed by atoms with E-state index < -0.39 is 12.1 Å². The predicted octanol–water partition coefficient (Wildman–Crippen LogP) is 7.14. The average molecular weight is 535 g/mol. The molecule has 0 unspecified atom stereocenters. The minimum atomic E-state index is -0.695. The lowest BCUT2D eigenvalue weighted by atomic mass is 9.93. The number of halogens is 2. The van der Waals surface area contributed by atoms with E-state index in [0.29, 0.717) is 44.8 Å². The van der Waals surface area contributed by atoms with Crippen LogP contribution in [0.25, 0.3) is 11.1 Å². The van der Waals surface area contributed by atoms with Crippen molar-refractivity contribution in [2.75, 3.05) is 19.5 Å². The highest BCUT2D eigenvalue weighted by molar-refractivity contribution is 6.35. The smallest absolute Gasteiger partial charge is 0.338 e. The molecule has 1 aliphatic rings. The number of pyridine rings is 1. The van der Waals surface area contributed by atoms with Gasteiger partial charge in [0.25, 0.3) is 0 Å². The monoisotopic (exact) mass is 534 g/mol. The lowest BCUT2D eigenvalue weighted by molar-refractivity contribution is 0.0297. The van der Waals surface area contributed by atoms with Crippen LogP contribution < -0.4 is 14.8 Å². The van der Waals surface area contributed by atoms with E-state index in [9.17, 15) is 4.79 Å². The van der Waals surface area contributed by atoms with Crippen LogP contribution in [0.5, 0.6) is 11.5 Å². The third-order valence-corrected chi connectivity index (χ3v) is 7.05. The molecule has 1 N–H and O–H groups in total. The van der Waals surface area contributed by atoms with Gasteiger partial charge >= 0.3 is 5.97 Å². The average Bonchev–Trinajstić information content (AvgIpc) is 2.93. The highest BCUT2D eigenvalue weighted by Gasteiger charge is 2.24. The van der Waals surface area contributed by atoms with E-state index >= 15 is 0 Å². The van der Waals surface area contributed by atoms with Gasteiger partial charge in [-0.15, -0.1) is 0 Å². The Hall–Kier alpha value is -3.74. The largest absolute Gasteiger partial charge is 0.493 e. The number of hydrogen-bond acceptors (Lipinski definition) is 6. The van der Waals surface area contributed by atoms with Gasteiger partial charge < -0.3 is 19.5 Å². The number of ether oxygens (including phenoxy) is 3. The maximum Gasteiger partial charge on any atom is 0.338 e. The quantitative estimate of drug-likeness (QED) is 0.254. The number of carbonyl (C=O) groups is 1. The Labute approximate surface area is 225 Å². The van der Waals surface area contributed by atoms with Crippen LogP contribution in [0.1, 0.15) is 33.2 Å². The molecule has 0 saturated heterocycles. The first kappa shape index (κ1) is 24.9. The van der Waals surface area contributed by atoms with E-state index in [-0.39, 0.29) is 6.42 Å². The maximum atomic E-state index is 13.4. The Kier molecular flexibility index (Phi) is 7.22. The van der Waals surface area contributed by atoms with Gasteiger partial charge in [0.05, 0.1) is 29.8 Å². The Morgan fingerprint density at radius 1 is 0.946 bits per heavy atom. The summed E-state index contributed by atoms with van der Waals surface area (Å²) in [4.78, 5) is 17.4. The number of rotatable bonds is 7. The molecule has 37 heavy (non-hydrogen) atoms. The number of benzene rings is 3. The van der Waals surface area contributed by atoms with Gasteiger partial charge in [0, 0.05) is 36.6 Å². The number of hydrogen-bond donors (Lipinski definition) is 1. The van der Waals surface area contributed by atoms with Crippen molar-refractivity contribution in [2.45, 2.75) is 19.1 Å². The number of methoxy groups -OCH3 is 2. The zero-order valence-electron chi connectivity index (χ0n) is 20.3. The molecule has 0 saturated carbocycles. The zero-order valence-corrected chi connectivity index (χ0v) is 21.8. The van der Waals surface area contributed by atoms with Crippen LogP contribution in [0.3, 0.4) is 0 Å². The normalized spacial score (nSPS) is 12.5. The summed E-state index contributed by atoms with van der Waals surface area (Å²) in [5.74, 6) is 0.632. The second-order valence-corrected chi connectivity index (χ2v) is 9.38. The van der Waals surface area contributed by atoms with E-state index in [0.717, 1.165) is 22.4 Å². The minimum absolute atomic E-state index is 0.251. The van der Waals surface area contributed by atoms with E-state index in [2.05, 4.69) is 16.4 Å². The topological polar surface area (TPSA) is 69.7 Å². The molecule has 0 amide bonds. The molecule has 0 bridgehead atoms. The van der Waals surface area contributed by atoms with Gasteiger partial charge in [0.2, 0.25) is 0 Å². The van der Waals surface area contributed by atoms with Crippen molar-refractivity contribution >= 4 is 34.9 Å². The van der Waals surface area contributed by atoms with Crippen molar-refractivity contribution in [3.05, 3.63) is 105 Å². The SMILES string of the molecule is COc1ccc([C@H](Cc2c(Cl)cncc2Cl)OC(=O)c2ccc3c(c2)CNc2ccccc2-3)cc1OC. The van der Waals surface area contributed by atoms with E-state index in [1.165, 1.54) is 12.4 Å². The molecule has 8 heteroatoms. The van der Waals surface area contributed by atoms with Crippen LogP contribution >= 0.6 is 23.2 Å². The van der Waals surface area contributed by atoms with Crippen molar-refractivity contribution in [1.82, 2.24) is 4.98 Å². The molecule has 0 spiro atoms. The fraction of sp³-hybridized carbons (Fsp3) is 0.172. The number of aromatic nitrogens is 1. The standard InChI is InChI=1S/C29H24Cl2N2O4/c1-35-26-10-8-17(12-28(26)36-2)27(13-22-23(30)15-32-16-24(22)31)37-29(34)18-7-9-20-19(11-18)14-33-25-6-4-3-5-21(20)25/h3-12,15-16,27,33H,13-14H2,1-2H3/t27-/m0/s1. The highest BCUT2D eigenvalue weighted by atomic mass is 35.5. The first-order valence-corrected chi connectivity index (χ1v) is 12.4. The molecule has 0 aliphatic carbocycles. The number of carbonyl (C=O) groups excluding carboxylic acids is 1. The molecule has 5 rings (SSSR count). The maximum absolute atomic E-state index is 13.4. The summed E-state index contributed by atoms with van der Waals surface area (Å²) in [6.45, 7) is 0.620. The second-order valence-electron chi connectivity index (χ2n) is 8.57. The minimum Gasteiger partial charge on any atom is -0.493 e. The van der Waals surface area contributed by atoms with Crippen LogP contribution in [0, 0.1) is 0 Å². The number of para-hydroxylation sites is 1. The van der Waals surface area contributed by atoms with E-state index in [4.69, 9.17) is 37.4 Å². The number of esters is 1. The van der Waals surface area contributed by atoms with Gasteiger partial charge in [0.1, 0.15) is 6.10 Å². The van der Waals surface area contributed by atoms with Crippen LogP contribution in [-0.4, -0.2) is 25.2 Å². The summed E-state index contributed by atoms with van der Waals surface area (Å²) < 4.78 is 16.9. The summed E-state index contributed by atoms with van der Waals surface area (Å²) in [5, 5.41) is 4.20. The molecular weight excluding hydrogens is 511 g/mol. The van der Waals surface area contributed by atoms with Crippen molar-refractivity contribution in [1.29, 1.82) is 0 Å². The molecule has 2 heterocycles. The third-order valence-electron chi connectivity index (χ3n) is 6.40. The molecule has 0 fully saturated rings. The summed E-state index contributed by atoms with van der Waals surface area (Å²) >= 11 is 12.8. The molecule has 4 aromatic rings. The first-order valence-electron chi connectivity index (χ1n) is 11.7. The Morgan fingerprint density at radius 2 is 1.70 bits per heavy atom. The fourth-order valence-corrected chi connectivity index (χ4v) is 5.01. The van der Waals surface area contributed by atoms with Crippen LogP contribution in [0.15, 0.2) is 73.1 Å². The summed E-state index contributed by atoms with van der Waals surface area (Å²) in [7, 11) is 3.12. The van der Waals surface area contributed by atoms with Crippen LogP contribution in [-0.2, 0) is 17.7 Å². The van der Waals surface area contributed by atoms with Gasteiger partial charge in [-0.25, -0.2) is 4.79 Å². The van der Waals surface area contributed by atoms with Crippen LogP contribution in [0.4, 0.5) is 5.69 Å². The molecule has 6 nitrogen and oxygen atoms in total. The number of fused-ring (bicyclic) bond motifs is 3. The predicted molar refractivity (Wildman–Crippen MR) is 145 cm³/mol. The number of nitrogens with zero attached hydrogens (tertiary/aromatic N) is 1. The molecule has 188 valence electrons. The van der Waals surface area contributed by atoms with E-state index in [1.54, 1.807) is 32.4 Å². The van der Waals surface area contributed by atoms with Crippen molar-refractivity contribution in [2.24, 2.45) is 0 Å². The van der Waals surface area contributed by atoms with Gasteiger partial charge in [-0.2, -0.15) is 0 Å². The van der Waals surface area contributed by atoms with Gasteiger partial charge in [0.15, 0.2) is 11.5 Å². The molecule has 1 atom stereocenters. The molecule has 0 radical (unpaired) electrons. The lowest BCUT2D eigenvalue weighted by Crippen LogP contribution is -2.16. The number of anilines is 1. The Morgan fingerprint density at radius 3 is 2.46 bits per heavy atom. The van der Waals surface area contributed by atoms with Gasteiger partial charge in [-0.1, -0.05) is 53.5 Å². The fourth-order valence-electron chi connectivity index (χ4n) is 4.49. The third kappa shape index (κ3) is 5.08. The molecular formula is C29H24Cl2N2O4. The lowest BCUT2D eigenvalue weighted by Gasteiger charge is -2.23. The van der Waals surface area contributed by atoms with Gasteiger partial charge in [-0.3, -0.25) is 4.98 Å². The number of nitrogens with one attached hydrogen (secondary N) is 1. The van der Waals surface area contributed by atoms with Gasteiger partial charge in [-0.05, 0) is 52.6 Å². The Bertz CT molecular complexity index is 1450. The molecule has 1 aromatic heterocycles. The summed E-state index contributed by atoms with van der Waals surface area (Å²) in [6, 6.07) is 19.1. The van der Waals surface area contributed by atoms with Crippen molar-refractivity contribution < 1.29 is 19.0 Å². The zero-order chi connectivity index (χ0) is 25.9. The van der Waals surface area contributed by atoms with E-state index in [1.807, 2.05) is 36.4 Å². The first-order chi connectivity index (χ1) is 18.0.